The fourth-order valence-corrected chi connectivity index (χ4v) is 1.97. The van der Waals surface area contributed by atoms with E-state index in [2.05, 4.69) is 29.5 Å². The molecule has 0 unspecified atom stereocenters. The van der Waals surface area contributed by atoms with Crippen LogP contribution in [0.2, 0.25) is 0 Å². The summed E-state index contributed by atoms with van der Waals surface area (Å²) < 4.78 is 34.9. The zero-order chi connectivity index (χ0) is 18.5. The molecule has 0 saturated carbocycles. The van der Waals surface area contributed by atoms with Gasteiger partial charge in [0.15, 0.2) is 5.96 Å². The molecule has 1 aromatic rings. The van der Waals surface area contributed by atoms with Gasteiger partial charge >= 0.3 is 0 Å². The molecule has 0 amide bonds. The van der Waals surface area contributed by atoms with Crippen LogP contribution in [0.3, 0.4) is 0 Å². The Hall–Kier alpha value is -1.89. The van der Waals surface area contributed by atoms with E-state index in [1.54, 1.807) is 25.2 Å². The molecular formula is C18H29F2N3O2. The molecule has 0 fully saturated rings. The number of aliphatic imine (C=N–C) groups is 1. The highest BCUT2D eigenvalue weighted by molar-refractivity contribution is 5.79. The Balaban J connectivity index is 2.29. The van der Waals surface area contributed by atoms with Crippen LogP contribution >= 0.6 is 0 Å². The second-order valence-corrected chi connectivity index (χ2v) is 6.00. The van der Waals surface area contributed by atoms with Crippen molar-refractivity contribution in [2.75, 3.05) is 33.4 Å². The Morgan fingerprint density at radius 3 is 2.68 bits per heavy atom. The van der Waals surface area contributed by atoms with E-state index in [1.165, 1.54) is 0 Å². The Kier molecular flexibility index (Phi) is 10.6. The largest absolute Gasteiger partial charge is 0.488 e. The van der Waals surface area contributed by atoms with E-state index < -0.39 is 13.0 Å². The molecule has 25 heavy (non-hydrogen) atoms. The SMILES string of the molecule is CN=C(NCCOCCC(C)C)NCc1cccc(OCC(F)F)c1. The normalized spacial score (nSPS) is 11.9. The maximum atomic E-state index is 12.2. The van der Waals surface area contributed by atoms with E-state index in [0.717, 1.165) is 18.6 Å². The van der Waals surface area contributed by atoms with E-state index in [0.29, 0.717) is 37.3 Å². The smallest absolute Gasteiger partial charge is 0.272 e. The zero-order valence-electron chi connectivity index (χ0n) is 15.2. The van der Waals surface area contributed by atoms with Gasteiger partial charge in [0, 0.05) is 26.7 Å². The number of guanidine groups is 1. The quantitative estimate of drug-likeness (QED) is 0.363. The van der Waals surface area contributed by atoms with Crippen molar-refractivity contribution in [2.45, 2.75) is 33.2 Å². The fourth-order valence-electron chi connectivity index (χ4n) is 1.97. The minimum Gasteiger partial charge on any atom is -0.488 e. The average molecular weight is 357 g/mol. The highest BCUT2D eigenvalue weighted by atomic mass is 19.3. The minimum atomic E-state index is -2.48. The van der Waals surface area contributed by atoms with Crippen molar-refractivity contribution in [1.82, 2.24) is 10.6 Å². The topological polar surface area (TPSA) is 54.9 Å². The summed E-state index contributed by atoms with van der Waals surface area (Å²) in [5.41, 5.74) is 0.919. The highest BCUT2D eigenvalue weighted by Crippen LogP contribution is 2.14. The third-order valence-electron chi connectivity index (χ3n) is 3.34. The summed E-state index contributed by atoms with van der Waals surface area (Å²) in [5.74, 6) is 1.73. The van der Waals surface area contributed by atoms with Crippen LogP contribution in [0.25, 0.3) is 0 Å². The lowest BCUT2D eigenvalue weighted by atomic mass is 10.1. The summed E-state index contributed by atoms with van der Waals surface area (Å²) in [6.07, 6.45) is -1.43. The molecule has 0 spiro atoms. The zero-order valence-corrected chi connectivity index (χ0v) is 15.2. The third kappa shape index (κ3) is 10.6. The van der Waals surface area contributed by atoms with Gasteiger partial charge in [-0.15, -0.1) is 0 Å². The second-order valence-electron chi connectivity index (χ2n) is 6.00. The van der Waals surface area contributed by atoms with E-state index >= 15 is 0 Å². The van der Waals surface area contributed by atoms with Crippen LogP contribution in [-0.2, 0) is 11.3 Å². The predicted molar refractivity (Wildman–Crippen MR) is 96.4 cm³/mol. The van der Waals surface area contributed by atoms with Crippen LogP contribution in [0.15, 0.2) is 29.3 Å². The molecule has 0 radical (unpaired) electrons. The number of benzene rings is 1. The maximum Gasteiger partial charge on any atom is 0.272 e. The number of ether oxygens (including phenoxy) is 2. The first kappa shape index (κ1) is 21.2. The summed E-state index contributed by atoms with van der Waals surface area (Å²) in [5, 5.41) is 6.33. The number of hydrogen-bond acceptors (Lipinski definition) is 3. The molecule has 0 aromatic heterocycles. The summed E-state index contributed by atoms with van der Waals surface area (Å²) in [7, 11) is 1.69. The Labute approximate surface area is 148 Å². The number of nitrogens with one attached hydrogen (secondary N) is 2. The Morgan fingerprint density at radius 2 is 2.00 bits per heavy atom. The molecule has 0 bridgehead atoms. The van der Waals surface area contributed by atoms with E-state index in [-0.39, 0.29) is 0 Å². The summed E-state index contributed by atoms with van der Waals surface area (Å²) in [6.45, 7) is 6.29. The number of rotatable bonds is 11. The average Bonchev–Trinajstić information content (AvgIpc) is 2.58. The standard InChI is InChI=1S/C18H29F2N3O2/c1-14(2)7-9-24-10-8-22-18(21-3)23-12-15-5-4-6-16(11-15)25-13-17(19)20/h4-6,11,14,17H,7-10,12-13H2,1-3H3,(H2,21,22,23). The van der Waals surface area contributed by atoms with Crippen molar-refractivity contribution >= 4 is 5.96 Å². The van der Waals surface area contributed by atoms with Crippen LogP contribution < -0.4 is 15.4 Å². The summed E-state index contributed by atoms with van der Waals surface area (Å²) in [4.78, 5) is 4.14. The maximum absolute atomic E-state index is 12.2. The van der Waals surface area contributed by atoms with Gasteiger partial charge in [-0.1, -0.05) is 26.0 Å². The van der Waals surface area contributed by atoms with E-state index in [4.69, 9.17) is 9.47 Å². The molecule has 0 saturated heterocycles. The molecule has 1 aromatic carbocycles. The molecule has 142 valence electrons. The Bertz CT molecular complexity index is 511. The van der Waals surface area contributed by atoms with Gasteiger partial charge in [-0.3, -0.25) is 4.99 Å². The first-order valence-electron chi connectivity index (χ1n) is 8.53. The van der Waals surface area contributed by atoms with E-state index in [9.17, 15) is 8.78 Å². The molecule has 0 aliphatic carbocycles. The van der Waals surface area contributed by atoms with Crippen LogP contribution in [0.5, 0.6) is 5.75 Å². The van der Waals surface area contributed by atoms with Gasteiger partial charge in [0.05, 0.1) is 6.61 Å². The number of alkyl halides is 2. The lowest BCUT2D eigenvalue weighted by molar-refractivity contribution is 0.0818. The number of nitrogens with zero attached hydrogens (tertiary/aromatic N) is 1. The molecule has 0 aliphatic rings. The molecule has 2 N–H and O–H groups in total. The first-order valence-corrected chi connectivity index (χ1v) is 8.53. The van der Waals surface area contributed by atoms with Crippen molar-refractivity contribution < 1.29 is 18.3 Å². The van der Waals surface area contributed by atoms with Crippen LogP contribution in [-0.4, -0.2) is 45.8 Å². The number of hydrogen-bond donors (Lipinski definition) is 2. The molecule has 7 heteroatoms. The van der Waals surface area contributed by atoms with Crippen molar-refractivity contribution in [1.29, 1.82) is 0 Å². The predicted octanol–water partition coefficient (Wildman–Crippen LogP) is 3.06. The van der Waals surface area contributed by atoms with Crippen LogP contribution in [0.1, 0.15) is 25.8 Å². The van der Waals surface area contributed by atoms with Crippen LogP contribution in [0, 0.1) is 5.92 Å². The lowest BCUT2D eigenvalue weighted by Gasteiger charge is -2.13. The molecule has 0 atom stereocenters. The van der Waals surface area contributed by atoms with Crippen LogP contribution in [0.4, 0.5) is 8.78 Å². The Morgan fingerprint density at radius 1 is 1.20 bits per heavy atom. The third-order valence-corrected chi connectivity index (χ3v) is 3.34. The molecule has 0 heterocycles. The van der Waals surface area contributed by atoms with Gasteiger partial charge in [-0.05, 0) is 30.0 Å². The van der Waals surface area contributed by atoms with Gasteiger partial charge in [0.2, 0.25) is 0 Å². The van der Waals surface area contributed by atoms with Gasteiger partial charge in [0.25, 0.3) is 6.43 Å². The van der Waals surface area contributed by atoms with E-state index in [1.807, 2.05) is 6.07 Å². The summed E-state index contributed by atoms with van der Waals surface area (Å²) in [6, 6.07) is 7.06. The van der Waals surface area contributed by atoms with Gasteiger partial charge in [0.1, 0.15) is 12.4 Å². The molecular weight excluding hydrogens is 328 g/mol. The minimum absolute atomic E-state index is 0.432. The van der Waals surface area contributed by atoms with Gasteiger partial charge in [-0.2, -0.15) is 0 Å². The van der Waals surface area contributed by atoms with Crippen molar-refractivity contribution in [3.8, 4) is 5.75 Å². The van der Waals surface area contributed by atoms with Gasteiger partial charge in [-0.25, -0.2) is 8.78 Å². The van der Waals surface area contributed by atoms with Gasteiger partial charge < -0.3 is 20.1 Å². The van der Waals surface area contributed by atoms with Crippen molar-refractivity contribution in [3.05, 3.63) is 29.8 Å². The number of halogens is 2. The highest BCUT2D eigenvalue weighted by Gasteiger charge is 2.04. The molecule has 1 rings (SSSR count). The lowest BCUT2D eigenvalue weighted by Crippen LogP contribution is -2.38. The van der Waals surface area contributed by atoms with Crippen molar-refractivity contribution in [3.63, 3.8) is 0 Å². The second kappa shape index (κ2) is 12.5. The molecule has 5 nitrogen and oxygen atoms in total. The monoisotopic (exact) mass is 357 g/mol. The van der Waals surface area contributed by atoms with Crippen molar-refractivity contribution in [2.24, 2.45) is 10.9 Å². The summed E-state index contributed by atoms with van der Waals surface area (Å²) >= 11 is 0. The molecule has 0 aliphatic heterocycles. The fraction of sp³-hybridized carbons (Fsp3) is 0.611. The first-order chi connectivity index (χ1) is 12.0.